The predicted octanol–water partition coefficient (Wildman–Crippen LogP) is 4.99. The van der Waals surface area contributed by atoms with Crippen LogP contribution in [0.2, 0.25) is 5.02 Å². The van der Waals surface area contributed by atoms with Crippen LogP contribution in [0, 0.1) is 28.8 Å². The predicted molar refractivity (Wildman–Crippen MR) is 134 cm³/mol. The quantitative estimate of drug-likeness (QED) is 0.431. The first-order valence-electron chi connectivity index (χ1n) is 11.3. The lowest BCUT2D eigenvalue weighted by Gasteiger charge is -2.36. The van der Waals surface area contributed by atoms with Gasteiger partial charge in [0.05, 0.1) is 41.1 Å². The molecule has 1 aliphatic heterocycles. The molecule has 35 heavy (non-hydrogen) atoms. The number of aliphatic hydroxyl groups excluding tert-OH is 1. The summed E-state index contributed by atoms with van der Waals surface area (Å²) < 4.78 is 18.4. The number of hydrogen-bond donors (Lipinski definition) is 2. The lowest BCUT2D eigenvalue weighted by molar-refractivity contribution is -0.146. The Morgan fingerprint density at radius 3 is 2.94 bits per heavy atom. The summed E-state index contributed by atoms with van der Waals surface area (Å²) >= 11 is 7.40. The van der Waals surface area contributed by atoms with Crippen LogP contribution in [-0.4, -0.2) is 52.8 Å². The Hall–Kier alpha value is -2.70. The molecule has 4 rings (SSSR count). The summed E-state index contributed by atoms with van der Waals surface area (Å²) in [6.07, 6.45) is 2.30. The number of aliphatic carboxylic acids is 1. The highest BCUT2D eigenvalue weighted by atomic mass is 35.5. The first kappa shape index (κ1) is 25.4. The van der Waals surface area contributed by atoms with Crippen LogP contribution in [-0.2, 0) is 4.79 Å². The molecule has 2 N–H and O–H groups in total. The molecule has 2 unspecified atom stereocenters. The van der Waals surface area contributed by atoms with Gasteiger partial charge in [0.2, 0.25) is 0 Å². The van der Waals surface area contributed by atoms with Crippen molar-refractivity contribution < 1.29 is 24.1 Å². The van der Waals surface area contributed by atoms with Crippen molar-refractivity contribution in [3.05, 3.63) is 57.1 Å². The molecule has 6 nitrogen and oxygen atoms in total. The van der Waals surface area contributed by atoms with E-state index in [1.54, 1.807) is 25.3 Å². The van der Waals surface area contributed by atoms with Crippen LogP contribution in [0.3, 0.4) is 0 Å². The maximum absolute atomic E-state index is 13.1. The van der Waals surface area contributed by atoms with Crippen LogP contribution in [0.15, 0.2) is 36.5 Å². The fourth-order valence-corrected chi connectivity index (χ4v) is 5.49. The number of nitrogens with zero attached hydrogens (tertiary/aromatic N) is 2. The summed E-state index contributed by atoms with van der Waals surface area (Å²) in [4.78, 5) is 19.0. The smallest absolute Gasteiger partial charge is 0.308 e. The van der Waals surface area contributed by atoms with E-state index in [4.69, 9.17) is 16.3 Å². The van der Waals surface area contributed by atoms with E-state index in [1.807, 2.05) is 11.0 Å². The zero-order valence-corrected chi connectivity index (χ0v) is 20.8. The lowest BCUT2D eigenvalue weighted by atomic mass is 9.81. The van der Waals surface area contributed by atoms with Gasteiger partial charge >= 0.3 is 5.97 Å². The van der Waals surface area contributed by atoms with Crippen LogP contribution in [0.4, 0.5) is 4.39 Å². The van der Waals surface area contributed by atoms with Crippen molar-refractivity contribution in [1.29, 1.82) is 0 Å². The fourth-order valence-electron chi connectivity index (χ4n) is 4.61. The number of ether oxygens (including phenoxy) is 1. The summed E-state index contributed by atoms with van der Waals surface area (Å²) in [6, 6.07) is 8.44. The number of thiophene rings is 1. The van der Waals surface area contributed by atoms with Gasteiger partial charge < -0.3 is 14.9 Å². The Kier molecular flexibility index (Phi) is 8.24. The number of rotatable bonds is 7. The average Bonchev–Trinajstić information content (AvgIpc) is 3.27. The molecular formula is C26H26ClFN2O4S. The Morgan fingerprint density at radius 1 is 1.40 bits per heavy atom. The number of aliphatic hydroxyl groups is 1. The van der Waals surface area contributed by atoms with Gasteiger partial charge in [-0.3, -0.25) is 14.7 Å². The van der Waals surface area contributed by atoms with E-state index < -0.39 is 18.0 Å². The molecule has 1 fully saturated rings. The number of fused-ring (bicyclic) bond motifs is 1. The minimum Gasteiger partial charge on any atom is -0.497 e. The molecule has 3 atom stereocenters. The second-order valence-corrected chi connectivity index (χ2v) is 10.1. The SMILES string of the molecule is COc1ccc2ncc(Cl)c([C@H](O)CCC3CCN(CC#Cc4ccc(F)s4)CC3C(=O)O)c2c1. The zero-order valence-electron chi connectivity index (χ0n) is 19.2. The molecule has 2 aromatic heterocycles. The van der Waals surface area contributed by atoms with E-state index in [0.717, 1.165) is 16.7 Å². The van der Waals surface area contributed by atoms with Crippen molar-refractivity contribution in [2.24, 2.45) is 11.8 Å². The molecule has 0 spiro atoms. The van der Waals surface area contributed by atoms with Crippen LogP contribution in [0.1, 0.15) is 35.8 Å². The molecule has 3 heterocycles. The molecule has 0 amide bonds. The molecule has 0 aliphatic carbocycles. The van der Waals surface area contributed by atoms with E-state index in [2.05, 4.69) is 16.8 Å². The van der Waals surface area contributed by atoms with Crippen LogP contribution < -0.4 is 4.74 Å². The third-order valence-corrected chi connectivity index (χ3v) is 7.55. The van der Waals surface area contributed by atoms with Crippen molar-refractivity contribution in [3.8, 4) is 17.6 Å². The van der Waals surface area contributed by atoms with Crippen LogP contribution >= 0.6 is 22.9 Å². The number of benzene rings is 1. The first-order valence-corrected chi connectivity index (χ1v) is 12.5. The molecule has 0 bridgehead atoms. The molecular weight excluding hydrogens is 491 g/mol. The molecule has 0 saturated carbocycles. The minimum absolute atomic E-state index is 0.0702. The third kappa shape index (κ3) is 6.11. The highest BCUT2D eigenvalue weighted by Crippen LogP contribution is 2.36. The number of hydrogen-bond acceptors (Lipinski definition) is 6. The number of aromatic nitrogens is 1. The molecule has 1 saturated heterocycles. The van der Waals surface area contributed by atoms with E-state index in [9.17, 15) is 19.4 Å². The summed E-state index contributed by atoms with van der Waals surface area (Å²) in [5.74, 6) is 5.12. The summed E-state index contributed by atoms with van der Waals surface area (Å²) in [5.41, 5.74) is 1.28. The van der Waals surface area contributed by atoms with Crippen molar-refractivity contribution >= 4 is 39.8 Å². The van der Waals surface area contributed by atoms with Crippen molar-refractivity contribution in [2.75, 3.05) is 26.7 Å². The average molecular weight is 517 g/mol. The van der Waals surface area contributed by atoms with Gasteiger partial charge in [0.1, 0.15) is 5.75 Å². The van der Waals surface area contributed by atoms with Crippen LogP contribution in [0.5, 0.6) is 5.75 Å². The lowest BCUT2D eigenvalue weighted by Crippen LogP contribution is -2.44. The van der Waals surface area contributed by atoms with Gasteiger partial charge in [-0.25, -0.2) is 0 Å². The molecule has 1 aliphatic rings. The second-order valence-electron chi connectivity index (χ2n) is 8.63. The Labute approximate surface area is 212 Å². The van der Waals surface area contributed by atoms with E-state index >= 15 is 0 Å². The number of carbonyl (C=O) groups is 1. The molecule has 1 aromatic carbocycles. The second kappa shape index (κ2) is 11.4. The van der Waals surface area contributed by atoms with E-state index in [1.165, 1.54) is 12.3 Å². The Morgan fingerprint density at radius 2 is 2.23 bits per heavy atom. The minimum atomic E-state index is -0.857. The number of halogens is 2. The number of piperidine rings is 1. The number of pyridine rings is 1. The third-order valence-electron chi connectivity index (χ3n) is 6.46. The Bertz CT molecular complexity index is 1270. The monoisotopic (exact) mass is 516 g/mol. The molecule has 9 heteroatoms. The maximum Gasteiger partial charge on any atom is 0.308 e. The van der Waals surface area contributed by atoms with Crippen molar-refractivity contribution in [3.63, 3.8) is 0 Å². The normalized spacial score (nSPS) is 19.2. The van der Waals surface area contributed by atoms with E-state index in [-0.39, 0.29) is 11.0 Å². The van der Waals surface area contributed by atoms with Gasteiger partial charge in [0, 0.05) is 23.7 Å². The molecule has 3 aromatic rings. The molecule has 0 radical (unpaired) electrons. The number of methoxy groups -OCH3 is 1. The first-order chi connectivity index (χ1) is 16.9. The van der Waals surface area contributed by atoms with Gasteiger partial charge in [0.25, 0.3) is 0 Å². The topological polar surface area (TPSA) is 82.9 Å². The number of likely N-dealkylation sites (tertiary alicyclic amines) is 1. The number of carboxylic acids is 1. The van der Waals surface area contributed by atoms with Gasteiger partial charge in [-0.2, -0.15) is 4.39 Å². The summed E-state index contributed by atoms with van der Waals surface area (Å²) in [7, 11) is 1.57. The van der Waals surface area contributed by atoms with Gasteiger partial charge in [-0.15, -0.1) is 0 Å². The van der Waals surface area contributed by atoms with Gasteiger partial charge in [0.15, 0.2) is 5.13 Å². The summed E-state index contributed by atoms with van der Waals surface area (Å²) in [6.45, 7) is 1.53. The largest absolute Gasteiger partial charge is 0.497 e. The maximum atomic E-state index is 13.1. The van der Waals surface area contributed by atoms with Crippen LogP contribution in [0.25, 0.3) is 10.9 Å². The standard InChI is InChI=1S/C26H26ClFN2O4S/c1-34-17-5-7-22-19(13-17)25(21(27)14-29-22)23(31)8-4-16-10-12-30(15-20(16)26(32)33)11-2-3-18-6-9-24(28)35-18/h5-7,9,13-14,16,20,23,31H,4,8,10-12,15H2,1H3,(H,32,33)/t16?,20?,23-/m1/s1. The highest BCUT2D eigenvalue weighted by molar-refractivity contribution is 7.10. The Balaban J connectivity index is 1.41. The summed E-state index contributed by atoms with van der Waals surface area (Å²) in [5, 5.41) is 21.7. The number of carboxylic acid groups (broad SMARTS) is 1. The van der Waals surface area contributed by atoms with E-state index in [0.29, 0.717) is 65.6 Å². The van der Waals surface area contributed by atoms with Gasteiger partial charge in [-0.05, 0) is 62.1 Å². The van der Waals surface area contributed by atoms with Crippen molar-refractivity contribution in [2.45, 2.75) is 25.4 Å². The zero-order chi connectivity index (χ0) is 24.9. The van der Waals surface area contributed by atoms with Gasteiger partial charge in [-0.1, -0.05) is 34.8 Å². The fraction of sp³-hybridized carbons (Fsp3) is 0.385. The molecule has 184 valence electrons. The highest BCUT2D eigenvalue weighted by Gasteiger charge is 2.34. The van der Waals surface area contributed by atoms with Crippen molar-refractivity contribution in [1.82, 2.24) is 9.88 Å².